The van der Waals surface area contributed by atoms with Gasteiger partial charge in [0.25, 0.3) is 0 Å². The number of nitriles is 1. The first kappa shape index (κ1) is 26.0. The number of rotatable bonds is 7. The Morgan fingerprint density at radius 3 is 2.63 bits per heavy atom. The summed E-state index contributed by atoms with van der Waals surface area (Å²) in [7, 11) is 0. The summed E-state index contributed by atoms with van der Waals surface area (Å²) >= 11 is 12.6. The molecular weight excluding hydrogens is 523 g/mol. The van der Waals surface area contributed by atoms with Crippen LogP contribution >= 0.6 is 23.2 Å². The topological polar surface area (TPSA) is 102 Å². The normalized spacial score (nSPS) is 15.1. The van der Waals surface area contributed by atoms with Gasteiger partial charge in [0.1, 0.15) is 11.9 Å². The molecule has 1 unspecified atom stereocenters. The van der Waals surface area contributed by atoms with Crippen molar-refractivity contribution in [2.75, 3.05) is 32.1 Å². The number of aromatic nitrogens is 3. The van der Waals surface area contributed by atoms with Crippen LogP contribution in [0.25, 0.3) is 23.1 Å². The number of halogens is 2. The highest BCUT2D eigenvalue weighted by atomic mass is 35.5. The van der Waals surface area contributed by atoms with Gasteiger partial charge in [-0.05, 0) is 48.4 Å². The van der Waals surface area contributed by atoms with E-state index in [0.29, 0.717) is 32.6 Å². The highest BCUT2D eigenvalue weighted by Gasteiger charge is 2.17. The maximum atomic E-state index is 9.74. The summed E-state index contributed by atoms with van der Waals surface area (Å²) in [5.41, 5.74) is 4.66. The Kier molecular flexibility index (Phi) is 7.82. The van der Waals surface area contributed by atoms with Crippen molar-refractivity contribution in [3.8, 4) is 11.8 Å². The molecule has 0 aliphatic carbocycles. The van der Waals surface area contributed by atoms with Gasteiger partial charge in [-0.25, -0.2) is 0 Å². The van der Waals surface area contributed by atoms with Crippen molar-refractivity contribution in [3.63, 3.8) is 0 Å². The van der Waals surface area contributed by atoms with Crippen molar-refractivity contribution < 1.29 is 9.47 Å². The Bertz CT molecular complexity index is 1520. The molecule has 1 aliphatic rings. The first-order valence-electron chi connectivity index (χ1n) is 12.2. The Hall–Kier alpha value is -3.61. The second-order valence-electron chi connectivity index (χ2n) is 9.04. The first-order chi connectivity index (χ1) is 18.4. The minimum Gasteiger partial charge on any atom is -0.486 e. The quantitative estimate of drug-likeness (QED) is 0.305. The van der Waals surface area contributed by atoms with Gasteiger partial charge in [0.2, 0.25) is 0 Å². The number of ether oxygens (including phenoxy) is 2. The molecule has 4 aromatic rings. The summed E-state index contributed by atoms with van der Waals surface area (Å²) in [5.74, 6) is 6.74. The Morgan fingerprint density at radius 1 is 1.13 bits per heavy atom. The Labute approximate surface area is 230 Å². The second kappa shape index (κ2) is 11.4. The maximum Gasteiger partial charge on any atom is 0.124 e. The highest BCUT2D eigenvalue weighted by molar-refractivity contribution is 6.35. The zero-order chi connectivity index (χ0) is 26.6. The lowest BCUT2D eigenvalue weighted by atomic mass is 10.0. The van der Waals surface area contributed by atoms with E-state index in [-0.39, 0.29) is 0 Å². The van der Waals surface area contributed by atoms with Gasteiger partial charge in [0, 0.05) is 43.0 Å². The third kappa shape index (κ3) is 5.62. The summed E-state index contributed by atoms with van der Waals surface area (Å²) < 4.78 is 11.6. The van der Waals surface area contributed by atoms with Crippen molar-refractivity contribution in [3.05, 3.63) is 86.8 Å². The Morgan fingerprint density at radius 2 is 1.89 bits per heavy atom. The molecule has 0 saturated carbocycles. The van der Waals surface area contributed by atoms with Crippen LogP contribution in [-0.2, 0) is 11.3 Å². The number of nitrogens with zero attached hydrogens (tertiary/aromatic N) is 5. The molecule has 3 heterocycles. The summed E-state index contributed by atoms with van der Waals surface area (Å²) in [4.78, 5) is 7.64. The molecule has 194 valence electrons. The predicted molar refractivity (Wildman–Crippen MR) is 149 cm³/mol. The van der Waals surface area contributed by atoms with E-state index in [4.69, 9.17) is 38.5 Å². The molecule has 1 saturated heterocycles. The summed E-state index contributed by atoms with van der Waals surface area (Å²) in [6.45, 7) is 5.79. The van der Waals surface area contributed by atoms with Crippen molar-refractivity contribution in [1.29, 1.82) is 5.26 Å². The van der Waals surface area contributed by atoms with Crippen LogP contribution in [0.2, 0.25) is 10.0 Å². The zero-order valence-corrected chi connectivity index (χ0v) is 22.3. The molecule has 10 heteroatoms. The number of morpholine rings is 1. The molecule has 2 N–H and O–H groups in total. The largest absolute Gasteiger partial charge is 0.486 e. The van der Waals surface area contributed by atoms with Crippen molar-refractivity contribution >= 4 is 46.3 Å². The molecule has 0 spiro atoms. The second-order valence-corrected chi connectivity index (χ2v) is 9.85. The maximum absolute atomic E-state index is 9.74. The number of fused-ring (bicyclic) bond motifs is 1. The number of hydrogen-bond acceptors (Lipinski definition) is 7. The zero-order valence-electron chi connectivity index (χ0n) is 20.8. The first-order valence-corrected chi connectivity index (χ1v) is 12.9. The molecule has 8 nitrogen and oxygen atoms in total. The minimum absolute atomic E-state index is 0.400. The van der Waals surface area contributed by atoms with Crippen molar-refractivity contribution in [2.45, 2.75) is 19.6 Å². The van der Waals surface area contributed by atoms with Gasteiger partial charge in [0.15, 0.2) is 0 Å². The van der Waals surface area contributed by atoms with Gasteiger partial charge in [-0.2, -0.15) is 15.2 Å². The van der Waals surface area contributed by atoms with E-state index in [1.165, 1.54) is 4.79 Å². The lowest BCUT2D eigenvalue weighted by molar-refractivity contribution is 0.0341. The molecular formula is C28H26Cl2N6O2. The van der Waals surface area contributed by atoms with Gasteiger partial charge in [-0.15, -0.1) is 0 Å². The van der Waals surface area contributed by atoms with E-state index in [1.54, 1.807) is 12.4 Å². The van der Waals surface area contributed by atoms with Gasteiger partial charge in [0.05, 0.1) is 46.1 Å². The van der Waals surface area contributed by atoms with E-state index < -0.39 is 6.10 Å². The molecule has 5 rings (SSSR count). The molecule has 38 heavy (non-hydrogen) atoms. The van der Waals surface area contributed by atoms with Crippen LogP contribution in [-0.4, -0.2) is 46.1 Å². The summed E-state index contributed by atoms with van der Waals surface area (Å²) in [6, 6.07) is 13.8. The lowest BCUT2D eigenvalue weighted by Crippen LogP contribution is -2.35. The molecule has 1 atom stereocenters. The third-order valence-electron chi connectivity index (χ3n) is 6.50. The molecule has 0 bridgehead atoms. The van der Waals surface area contributed by atoms with Crippen LogP contribution in [0.15, 0.2) is 48.8 Å². The van der Waals surface area contributed by atoms with Crippen molar-refractivity contribution in [2.24, 2.45) is 0 Å². The van der Waals surface area contributed by atoms with Crippen LogP contribution in [0.5, 0.6) is 5.75 Å². The number of nitrogen functional groups attached to an aromatic ring is 1. The number of benzene rings is 2. The number of pyridine rings is 1. The average Bonchev–Trinajstić information content (AvgIpc) is 3.23. The van der Waals surface area contributed by atoms with Crippen LogP contribution in [0.1, 0.15) is 41.0 Å². The monoisotopic (exact) mass is 548 g/mol. The average molecular weight is 549 g/mol. The number of nitrogens with two attached hydrogens (primary N) is 1. The van der Waals surface area contributed by atoms with Crippen LogP contribution in [0, 0.1) is 11.3 Å². The summed E-state index contributed by atoms with van der Waals surface area (Å²) in [5, 5.41) is 15.9. The van der Waals surface area contributed by atoms with Gasteiger partial charge in [-0.1, -0.05) is 41.4 Å². The van der Waals surface area contributed by atoms with E-state index in [0.717, 1.165) is 54.9 Å². The molecule has 2 aromatic heterocycles. The van der Waals surface area contributed by atoms with Crippen LogP contribution < -0.4 is 10.6 Å². The van der Waals surface area contributed by atoms with E-state index in [9.17, 15) is 5.26 Å². The molecule has 1 fully saturated rings. The van der Waals surface area contributed by atoms with Crippen LogP contribution in [0.4, 0.5) is 0 Å². The predicted octanol–water partition coefficient (Wildman–Crippen LogP) is 5.47. The Balaban J connectivity index is 1.38. The molecule has 0 radical (unpaired) electrons. The number of hydrogen-bond donors (Lipinski definition) is 1. The van der Waals surface area contributed by atoms with E-state index in [1.807, 2.05) is 55.5 Å². The molecule has 1 aliphatic heterocycles. The smallest absolute Gasteiger partial charge is 0.124 e. The van der Waals surface area contributed by atoms with Gasteiger partial charge >= 0.3 is 0 Å². The standard InChI is InChI=1S/C28H26Cl2N6O2/c1-18(28-24(29)15-33-16-25(28)30)38-22-5-7-27-23(13-22)26(34-36(27)32)6-3-19-2-4-20(21(12-19)14-31)17-35-8-10-37-11-9-35/h2-7,12-13,15-16,18H,8-11,17,32H2,1H3/b6-3+. The van der Waals surface area contributed by atoms with Crippen molar-refractivity contribution in [1.82, 2.24) is 19.8 Å². The molecule has 0 amide bonds. The highest BCUT2D eigenvalue weighted by Crippen LogP contribution is 2.33. The van der Waals surface area contributed by atoms with Crippen LogP contribution in [0.3, 0.4) is 0 Å². The lowest BCUT2D eigenvalue weighted by Gasteiger charge is -2.26. The summed E-state index contributed by atoms with van der Waals surface area (Å²) in [6.07, 6.45) is 6.49. The van der Waals surface area contributed by atoms with E-state index >= 15 is 0 Å². The SMILES string of the molecule is CC(Oc1ccc2c(c1)c(/C=C/c1ccc(CN3CCOCC3)c(C#N)c1)nn2N)c1c(Cl)cncc1Cl. The van der Waals surface area contributed by atoms with Gasteiger partial charge in [-0.3, -0.25) is 9.88 Å². The van der Waals surface area contributed by atoms with Gasteiger partial charge < -0.3 is 15.3 Å². The minimum atomic E-state index is -0.400. The fraction of sp³-hybridized carbons (Fsp3) is 0.250. The van der Waals surface area contributed by atoms with E-state index in [2.05, 4.69) is 21.1 Å². The fourth-order valence-electron chi connectivity index (χ4n) is 4.53. The third-order valence-corrected chi connectivity index (χ3v) is 7.10. The fourth-order valence-corrected chi connectivity index (χ4v) is 5.20. The molecule has 2 aromatic carbocycles.